The van der Waals surface area contributed by atoms with Crippen LogP contribution in [0.3, 0.4) is 0 Å². The fourth-order valence-corrected chi connectivity index (χ4v) is 3.18. The number of amides is 1. The fraction of sp³-hybridized carbons (Fsp3) is 0.176. The van der Waals surface area contributed by atoms with Gasteiger partial charge < -0.3 is 14.2 Å². The van der Waals surface area contributed by atoms with Gasteiger partial charge >= 0.3 is 0 Å². The van der Waals surface area contributed by atoms with Crippen molar-refractivity contribution in [1.29, 1.82) is 0 Å². The molecular formula is C17H16N2O4S. The molecule has 0 bridgehead atoms. The maximum atomic E-state index is 12.7. The van der Waals surface area contributed by atoms with Crippen LogP contribution >= 0.6 is 11.3 Å². The highest BCUT2D eigenvalue weighted by molar-refractivity contribution is 7.22. The van der Waals surface area contributed by atoms with Crippen LogP contribution in [0.4, 0.5) is 5.13 Å². The summed E-state index contributed by atoms with van der Waals surface area (Å²) in [6.45, 7) is 0. The summed E-state index contributed by atoms with van der Waals surface area (Å²) in [6, 6.07) is 11.0. The number of nitrogens with one attached hydrogen (secondary N) is 1. The molecule has 0 atom stereocenters. The Morgan fingerprint density at radius 3 is 2.29 bits per heavy atom. The molecule has 1 aromatic heterocycles. The number of thiazole rings is 1. The van der Waals surface area contributed by atoms with Gasteiger partial charge in [-0.3, -0.25) is 10.1 Å². The molecular weight excluding hydrogens is 328 g/mol. The van der Waals surface area contributed by atoms with Crippen molar-refractivity contribution in [3.05, 3.63) is 42.0 Å². The number of anilines is 1. The molecule has 0 saturated heterocycles. The number of hydrogen-bond donors (Lipinski definition) is 1. The van der Waals surface area contributed by atoms with Crippen molar-refractivity contribution in [3.63, 3.8) is 0 Å². The van der Waals surface area contributed by atoms with Crippen LogP contribution in [0.1, 0.15) is 10.4 Å². The smallest absolute Gasteiger partial charge is 0.265 e. The summed E-state index contributed by atoms with van der Waals surface area (Å²) in [6.07, 6.45) is 0. The minimum Gasteiger partial charge on any atom is -0.496 e. The topological polar surface area (TPSA) is 69.7 Å². The first-order valence-electron chi connectivity index (χ1n) is 7.13. The minimum absolute atomic E-state index is 0.292. The third-order valence-electron chi connectivity index (χ3n) is 3.46. The molecule has 1 N–H and O–H groups in total. The first-order valence-corrected chi connectivity index (χ1v) is 7.95. The van der Waals surface area contributed by atoms with Crippen LogP contribution in [-0.4, -0.2) is 32.2 Å². The zero-order valence-corrected chi connectivity index (χ0v) is 14.3. The third kappa shape index (κ3) is 2.98. The number of benzene rings is 2. The van der Waals surface area contributed by atoms with Crippen molar-refractivity contribution >= 4 is 32.6 Å². The molecule has 0 aliphatic rings. The van der Waals surface area contributed by atoms with Gasteiger partial charge in [-0.25, -0.2) is 4.98 Å². The van der Waals surface area contributed by atoms with E-state index in [2.05, 4.69) is 10.3 Å². The second-order valence-electron chi connectivity index (χ2n) is 4.85. The number of nitrogens with zero attached hydrogens (tertiary/aromatic N) is 1. The van der Waals surface area contributed by atoms with Gasteiger partial charge in [0.1, 0.15) is 22.8 Å². The molecule has 0 fully saturated rings. The number of para-hydroxylation sites is 1. The summed E-state index contributed by atoms with van der Waals surface area (Å²) in [5.74, 6) is 0.917. The lowest BCUT2D eigenvalue weighted by atomic mass is 10.1. The molecule has 6 nitrogen and oxygen atoms in total. The summed E-state index contributed by atoms with van der Waals surface area (Å²) in [5.41, 5.74) is 1.13. The second kappa shape index (κ2) is 6.76. The number of aromatic nitrogens is 1. The van der Waals surface area contributed by atoms with E-state index in [1.165, 1.54) is 32.7 Å². The summed E-state index contributed by atoms with van der Waals surface area (Å²) in [5, 5.41) is 3.32. The summed E-state index contributed by atoms with van der Waals surface area (Å²) in [7, 11) is 4.51. The highest BCUT2D eigenvalue weighted by atomic mass is 32.1. The van der Waals surface area contributed by atoms with E-state index in [-0.39, 0.29) is 5.91 Å². The molecule has 0 saturated carbocycles. The van der Waals surface area contributed by atoms with Gasteiger partial charge in [-0.05, 0) is 12.1 Å². The Morgan fingerprint density at radius 2 is 1.71 bits per heavy atom. The molecule has 0 aliphatic carbocycles. The molecule has 24 heavy (non-hydrogen) atoms. The molecule has 0 unspecified atom stereocenters. The van der Waals surface area contributed by atoms with Gasteiger partial charge in [0.05, 0.1) is 31.5 Å². The van der Waals surface area contributed by atoms with Crippen LogP contribution in [0.2, 0.25) is 0 Å². The number of carbonyl (C=O) groups is 1. The summed E-state index contributed by atoms with van der Waals surface area (Å²) in [4.78, 5) is 17.1. The molecule has 0 spiro atoms. The number of hydrogen-bond acceptors (Lipinski definition) is 6. The van der Waals surface area contributed by atoms with Crippen molar-refractivity contribution in [2.24, 2.45) is 0 Å². The minimum atomic E-state index is -0.356. The Labute approximate surface area is 143 Å². The zero-order valence-electron chi connectivity index (χ0n) is 13.5. The van der Waals surface area contributed by atoms with E-state index < -0.39 is 0 Å². The first-order chi connectivity index (χ1) is 11.7. The number of rotatable bonds is 5. The van der Waals surface area contributed by atoms with Crippen molar-refractivity contribution in [3.8, 4) is 17.2 Å². The highest BCUT2D eigenvalue weighted by Gasteiger charge is 2.21. The van der Waals surface area contributed by atoms with E-state index in [9.17, 15) is 4.79 Å². The van der Waals surface area contributed by atoms with Crippen LogP contribution in [-0.2, 0) is 0 Å². The van der Waals surface area contributed by atoms with E-state index in [0.717, 1.165) is 10.2 Å². The fourth-order valence-electron chi connectivity index (χ4n) is 2.31. The Morgan fingerprint density at radius 1 is 1.04 bits per heavy atom. The molecule has 1 heterocycles. The van der Waals surface area contributed by atoms with Gasteiger partial charge in [0, 0.05) is 12.1 Å². The molecule has 0 radical (unpaired) electrons. The third-order valence-corrected chi connectivity index (χ3v) is 4.41. The zero-order chi connectivity index (χ0) is 17.1. The number of ether oxygens (including phenoxy) is 3. The monoisotopic (exact) mass is 344 g/mol. The average Bonchev–Trinajstić information content (AvgIpc) is 3.02. The first kappa shape index (κ1) is 16.1. The van der Waals surface area contributed by atoms with Crippen LogP contribution in [0, 0.1) is 0 Å². The Kier molecular flexibility index (Phi) is 4.52. The van der Waals surface area contributed by atoms with E-state index in [1.807, 2.05) is 24.3 Å². The number of fused-ring (bicyclic) bond motifs is 1. The Bertz CT molecular complexity index is 833. The van der Waals surface area contributed by atoms with Crippen LogP contribution < -0.4 is 19.5 Å². The van der Waals surface area contributed by atoms with Crippen LogP contribution in [0.15, 0.2) is 36.4 Å². The lowest BCUT2D eigenvalue weighted by Crippen LogP contribution is -2.14. The van der Waals surface area contributed by atoms with Crippen molar-refractivity contribution in [2.45, 2.75) is 0 Å². The molecule has 7 heteroatoms. The SMILES string of the molecule is COc1cc(OC)c(C(=O)Nc2nc3ccccc3s2)c(OC)c1. The van der Waals surface area contributed by atoms with Crippen molar-refractivity contribution in [1.82, 2.24) is 4.98 Å². The summed E-state index contributed by atoms with van der Waals surface area (Å²) >= 11 is 1.41. The quantitative estimate of drug-likeness (QED) is 0.766. The van der Waals surface area contributed by atoms with E-state index in [1.54, 1.807) is 12.1 Å². The van der Waals surface area contributed by atoms with Gasteiger partial charge in [0.2, 0.25) is 0 Å². The predicted octanol–water partition coefficient (Wildman–Crippen LogP) is 3.57. The number of methoxy groups -OCH3 is 3. The maximum Gasteiger partial charge on any atom is 0.265 e. The van der Waals surface area contributed by atoms with Gasteiger partial charge in [-0.2, -0.15) is 0 Å². The van der Waals surface area contributed by atoms with Gasteiger partial charge in [0.25, 0.3) is 5.91 Å². The van der Waals surface area contributed by atoms with Gasteiger partial charge in [-0.1, -0.05) is 23.5 Å². The van der Waals surface area contributed by atoms with Gasteiger partial charge in [-0.15, -0.1) is 0 Å². The Hall–Kier alpha value is -2.80. The average molecular weight is 344 g/mol. The molecule has 0 aliphatic heterocycles. The lowest BCUT2D eigenvalue weighted by molar-refractivity contribution is 0.102. The highest BCUT2D eigenvalue weighted by Crippen LogP contribution is 2.35. The number of carbonyl (C=O) groups excluding carboxylic acids is 1. The maximum absolute atomic E-state index is 12.7. The van der Waals surface area contributed by atoms with Crippen molar-refractivity contribution < 1.29 is 19.0 Å². The summed E-state index contributed by atoms with van der Waals surface area (Å²) < 4.78 is 16.8. The van der Waals surface area contributed by atoms with Gasteiger partial charge in [0.15, 0.2) is 5.13 Å². The largest absolute Gasteiger partial charge is 0.496 e. The molecule has 3 rings (SSSR count). The second-order valence-corrected chi connectivity index (χ2v) is 5.88. The lowest BCUT2D eigenvalue weighted by Gasteiger charge is -2.14. The predicted molar refractivity (Wildman–Crippen MR) is 93.7 cm³/mol. The molecule has 2 aromatic carbocycles. The van der Waals surface area contributed by atoms with Crippen LogP contribution in [0.25, 0.3) is 10.2 Å². The van der Waals surface area contributed by atoms with Crippen LogP contribution in [0.5, 0.6) is 17.2 Å². The molecule has 3 aromatic rings. The Balaban J connectivity index is 1.96. The normalized spacial score (nSPS) is 10.5. The van der Waals surface area contributed by atoms with E-state index >= 15 is 0 Å². The molecule has 124 valence electrons. The standard InChI is InChI=1S/C17H16N2O4S/c1-21-10-8-12(22-2)15(13(9-10)23-3)16(20)19-17-18-11-6-4-5-7-14(11)24-17/h4-9H,1-3H3,(H,18,19,20). The molecule has 1 amide bonds. The van der Waals surface area contributed by atoms with Crippen molar-refractivity contribution in [2.75, 3.05) is 26.6 Å². The van der Waals surface area contributed by atoms with E-state index in [4.69, 9.17) is 14.2 Å². The van der Waals surface area contributed by atoms with E-state index in [0.29, 0.717) is 27.9 Å².